The van der Waals surface area contributed by atoms with Gasteiger partial charge >= 0.3 is 0 Å². The van der Waals surface area contributed by atoms with Gasteiger partial charge in [0.15, 0.2) is 0 Å². The Morgan fingerprint density at radius 1 is 1.12 bits per heavy atom. The van der Waals surface area contributed by atoms with Crippen LogP contribution in [-0.2, 0) is 11.2 Å². The summed E-state index contributed by atoms with van der Waals surface area (Å²) in [7, 11) is 0. The van der Waals surface area contributed by atoms with Gasteiger partial charge in [-0.2, -0.15) is 10.5 Å². The number of fused-ring (bicyclic) bond motifs is 1. The van der Waals surface area contributed by atoms with Crippen molar-refractivity contribution >= 4 is 29.2 Å². The number of benzene rings is 2. The molecule has 0 saturated heterocycles. The van der Waals surface area contributed by atoms with Crippen LogP contribution in [0.1, 0.15) is 35.1 Å². The third-order valence-corrected chi connectivity index (χ3v) is 6.70. The molecule has 164 valence electrons. The monoisotopic (exact) mass is 453 g/mol. The van der Waals surface area contributed by atoms with Crippen molar-refractivity contribution in [1.29, 1.82) is 10.5 Å². The molecule has 0 aliphatic carbocycles. The average molecular weight is 454 g/mol. The highest BCUT2D eigenvalue weighted by molar-refractivity contribution is 7.99. The number of nitrogens with zero attached hydrogens (tertiary/aromatic N) is 4. The van der Waals surface area contributed by atoms with Crippen molar-refractivity contribution in [2.45, 2.75) is 31.2 Å². The van der Waals surface area contributed by atoms with Gasteiger partial charge in [0.1, 0.15) is 28.5 Å². The van der Waals surface area contributed by atoms with E-state index in [0.29, 0.717) is 34.9 Å². The summed E-state index contributed by atoms with van der Waals surface area (Å²) >= 11 is 1.32. The number of aromatic nitrogens is 1. The molecule has 3 aromatic rings. The van der Waals surface area contributed by atoms with Gasteiger partial charge in [-0.3, -0.25) is 4.79 Å². The van der Waals surface area contributed by atoms with Gasteiger partial charge in [-0.25, -0.2) is 4.98 Å². The minimum absolute atomic E-state index is 0.0496. The van der Waals surface area contributed by atoms with E-state index in [9.17, 15) is 15.3 Å². The first-order chi connectivity index (χ1) is 16.0. The van der Waals surface area contributed by atoms with Crippen LogP contribution >= 0.6 is 11.8 Å². The molecule has 7 heteroatoms. The van der Waals surface area contributed by atoms with Crippen LogP contribution in [0.4, 0.5) is 11.5 Å². The Kier molecular flexibility index (Phi) is 6.63. The van der Waals surface area contributed by atoms with Crippen LogP contribution in [0, 0.1) is 29.6 Å². The molecule has 0 fully saturated rings. The first-order valence-electron chi connectivity index (χ1n) is 10.7. The Labute approximate surface area is 197 Å². The number of anilines is 2. The fourth-order valence-corrected chi connectivity index (χ4v) is 5.00. The minimum atomic E-state index is 0.0496. The quantitative estimate of drug-likeness (QED) is 0.554. The lowest BCUT2D eigenvalue weighted by Gasteiger charge is -2.29. The number of carbonyl (C=O) groups is 1. The van der Waals surface area contributed by atoms with Gasteiger partial charge in [-0.15, -0.1) is 11.8 Å². The number of carbonyl (C=O) groups excluding carboxylic acids is 1. The average Bonchev–Trinajstić information content (AvgIpc) is 2.83. The second-order valence-corrected chi connectivity index (χ2v) is 8.98. The standard InChI is InChI=1S/C26H23N5OS/c1-17-8-10-19(11-9-17)24-20(15-27)25(29)30-26(21(24)16-28)33-14-12-23(32)31-13-4-6-18-5-2-3-7-22(18)31/h2-3,5,7-11H,4,6,12-14H2,1H3,(H2,29,30). The molecule has 33 heavy (non-hydrogen) atoms. The largest absolute Gasteiger partial charge is 0.383 e. The van der Waals surface area contributed by atoms with Gasteiger partial charge in [0, 0.05) is 30.0 Å². The van der Waals surface area contributed by atoms with E-state index in [0.717, 1.165) is 29.7 Å². The van der Waals surface area contributed by atoms with Crippen LogP contribution in [0.5, 0.6) is 0 Å². The molecule has 1 aromatic heterocycles. The van der Waals surface area contributed by atoms with Crippen molar-refractivity contribution < 1.29 is 4.79 Å². The maximum Gasteiger partial charge on any atom is 0.227 e. The number of aryl methyl sites for hydroxylation is 2. The number of amides is 1. The molecule has 2 heterocycles. The molecule has 0 atom stereocenters. The number of para-hydroxylation sites is 1. The number of hydrogen-bond donors (Lipinski definition) is 1. The molecule has 6 nitrogen and oxygen atoms in total. The summed E-state index contributed by atoms with van der Waals surface area (Å²) in [5, 5.41) is 20.0. The first kappa shape index (κ1) is 22.4. The zero-order valence-electron chi connectivity index (χ0n) is 18.3. The molecule has 1 amide bonds. The van der Waals surface area contributed by atoms with Crippen LogP contribution in [-0.4, -0.2) is 23.2 Å². The molecule has 0 saturated carbocycles. The number of thioether (sulfide) groups is 1. The van der Waals surface area contributed by atoms with Gasteiger partial charge in [-0.1, -0.05) is 48.0 Å². The van der Waals surface area contributed by atoms with E-state index in [1.165, 1.54) is 17.3 Å². The minimum Gasteiger partial charge on any atom is -0.383 e. The second-order valence-electron chi connectivity index (χ2n) is 7.89. The van der Waals surface area contributed by atoms with Crippen molar-refractivity contribution in [3.05, 3.63) is 70.8 Å². The van der Waals surface area contributed by atoms with E-state index >= 15 is 0 Å². The molecule has 2 aromatic carbocycles. The van der Waals surface area contributed by atoms with Crippen molar-refractivity contribution in [2.24, 2.45) is 0 Å². The molecular formula is C26H23N5OS. The number of nitrogens with two attached hydrogens (primary N) is 1. The van der Waals surface area contributed by atoms with Crippen molar-refractivity contribution in [1.82, 2.24) is 4.98 Å². The van der Waals surface area contributed by atoms with E-state index in [4.69, 9.17) is 5.73 Å². The molecular weight excluding hydrogens is 430 g/mol. The zero-order chi connectivity index (χ0) is 23.4. The summed E-state index contributed by atoms with van der Waals surface area (Å²) in [6.45, 7) is 2.68. The highest BCUT2D eigenvalue weighted by atomic mass is 32.2. The summed E-state index contributed by atoms with van der Waals surface area (Å²) in [5.74, 6) is 0.595. The molecule has 0 radical (unpaired) electrons. The smallest absolute Gasteiger partial charge is 0.227 e. The summed E-state index contributed by atoms with van der Waals surface area (Å²) in [6.07, 6.45) is 2.24. The van der Waals surface area contributed by atoms with Crippen molar-refractivity contribution in [3.63, 3.8) is 0 Å². The Morgan fingerprint density at radius 2 is 1.85 bits per heavy atom. The SMILES string of the molecule is Cc1ccc(-c2c(C#N)c(N)nc(SCCC(=O)N3CCCc4ccccc43)c2C#N)cc1. The van der Waals surface area contributed by atoms with Crippen LogP contribution in [0.25, 0.3) is 11.1 Å². The number of hydrogen-bond acceptors (Lipinski definition) is 6. The van der Waals surface area contributed by atoms with E-state index in [-0.39, 0.29) is 17.3 Å². The lowest BCUT2D eigenvalue weighted by atomic mass is 9.96. The van der Waals surface area contributed by atoms with E-state index in [2.05, 4.69) is 23.2 Å². The van der Waals surface area contributed by atoms with Crippen LogP contribution in [0.2, 0.25) is 0 Å². The van der Waals surface area contributed by atoms with Gasteiger partial charge in [0.05, 0.1) is 5.56 Å². The lowest BCUT2D eigenvalue weighted by molar-refractivity contribution is -0.118. The Morgan fingerprint density at radius 3 is 2.58 bits per heavy atom. The molecule has 4 rings (SSSR count). The highest BCUT2D eigenvalue weighted by Gasteiger charge is 2.23. The van der Waals surface area contributed by atoms with Crippen LogP contribution < -0.4 is 10.6 Å². The number of nitriles is 2. The van der Waals surface area contributed by atoms with Gasteiger partial charge < -0.3 is 10.6 Å². The summed E-state index contributed by atoms with van der Waals surface area (Å²) in [5.41, 5.74) is 11.1. The number of rotatable bonds is 5. The summed E-state index contributed by atoms with van der Waals surface area (Å²) in [4.78, 5) is 19.1. The second kappa shape index (κ2) is 9.77. The van der Waals surface area contributed by atoms with Crippen molar-refractivity contribution in [2.75, 3.05) is 22.9 Å². The van der Waals surface area contributed by atoms with E-state index in [1.54, 1.807) is 0 Å². The maximum absolute atomic E-state index is 13.0. The molecule has 1 aliphatic heterocycles. The Bertz CT molecular complexity index is 1290. The third-order valence-electron chi connectivity index (χ3n) is 5.72. The Hall–Kier alpha value is -3.81. The highest BCUT2D eigenvalue weighted by Crippen LogP contribution is 2.36. The normalized spacial score (nSPS) is 12.5. The summed E-state index contributed by atoms with van der Waals surface area (Å²) < 4.78 is 0. The van der Waals surface area contributed by atoms with Gasteiger partial charge in [0.2, 0.25) is 5.91 Å². The zero-order valence-corrected chi connectivity index (χ0v) is 19.2. The molecule has 0 unspecified atom stereocenters. The topological polar surface area (TPSA) is 107 Å². The lowest BCUT2D eigenvalue weighted by Crippen LogP contribution is -2.35. The van der Waals surface area contributed by atoms with E-state index in [1.807, 2.05) is 54.3 Å². The fraction of sp³-hybridized carbons (Fsp3) is 0.231. The molecule has 0 spiro atoms. The van der Waals surface area contributed by atoms with Gasteiger partial charge in [0.25, 0.3) is 0 Å². The molecule has 0 bridgehead atoms. The molecule has 1 aliphatic rings. The maximum atomic E-state index is 13.0. The number of pyridine rings is 1. The molecule has 2 N–H and O–H groups in total. The van der Waals surface area contributed by atoms with Gasteiger partial charge in [-0.05, 0) is 37.0 Å². The van der Waals surface area contributed by atoms with E-state index < -0.39 is 0 Å². The third kappa shape index (κ3) is 4.55. The summed E-state index contributed by atoms with van der Waals surface area (Å²) in [6, 6.07) is 19.9. The number of nitrogen functional groups attached to an aromatic ring is 1. The first-order valence-corrected chi connectivity index (χ1v) is 11.7. The van der Waals surface area contributed by atoms with Crippen LogP contribution in [0.15, 0.2) is 53.6 Å². The predicted octanol–water partition coefficient (Wildman–Crippen LogP) is 4.84. The fourth-order valence-electron chi connectivity index (χ4n) is 4.07. The Balaban J connectivity index is 1.57. The predicted molar refractivity (Wildman–Crippen MR) is 131 cm³/mol. The van der Waals surface area contributed by atoms with Crippen LogP contribution in [0.3, 0.4) is 0 Å². The van der Waals surface area contributed by atoms with Crippen molar-refractivity contribution in [3.8, 4) is 23.3 Å².